The number of halogens is 2. The van der Waals surface area contributed by atoms with Crippen LogP contribution < -0.4 is 4.74 Å². The first-order chi connectivity index (χ1) is 14.9. The van der Waals surface area contributed by atoms with E-state index in [0.29, 0.717) is 27.7 Å². The number of nitrogens with zero attached hydrogens (tertiary/aromatic N) is 1. The zero-order valence-electron chi connectivity index (χ0n) is 16.3. The summed E-state index contributed by atoms with van der Waals surface area (Å²) in [5, 5.41) is 11.8. The van der Waals surface area contributed by atoms with E-state index < -0.39 is 17.7 Å². The summed E-state index contributed by atoms with van der Waals surface area (Å²) in [6.45, 7) is 0.0605. The van der Waals surface area contributed by atoms with Gasteiger partial charge in [0.1, 0.15) is 17.3 Å². The van der Waals surface area contributed by atoms with Crippen molar-refractivity contribution in [2.24, 2.45) is 0 Å². The van der Waals surface area contributed by atoms with Crippen LogP contribution in [0.25, 0.3) is 5.76 Å². The number of carbonyl (C=O) groups is 2. The first-order valence-corrected chi connectivity index (χ1v) is 10.1. The lowest BCUT2D eigenvalue weighted by Crippen LogP contribution is -2.29. The molecule has 1 N–H and O–H groups in total. The lowest BCUT2D eigenvalue weighted by molar-refractivity contribution is -0.140. The van der Waals surface area contributed by atoms with Crippen molar-refractivity contribution in [2.75, 3.05) is 7.11 Å². The molecule has 1 fully saturated rings. The molecule has 1 unspecified atom stereocenters. The summed E-state index contributed by atoms with van der Waals surface area (Å²) in [5.74, 6) is -0.933. The first-order valence-electron chi connectivity index (χ1n) is 9.31. The van der Waals surface area contributed by atoms with E-state index in [1.165, 1.54) is 24.3 Å². The Labute approximate surface area is 188 Å². The zero-order valence-corrected chi connectivity index (χ0v) is 17.9. The molecule has 2 heterocycles. The van der Waals surface area contributed by atoms with E-state index in [9.17, 15) is 14.7 Å². The second kappa shape index (κ2) is 8.49. The minimum atomic E-state index is -0.830. The molecule has 1 aliphatic rings. The number of hydrogen-bond donors (Lipinski definition) is 1. The number of aliphatic hydroxyl groups is 1. The summed E-state index contributed by atoms with van der Waals surface area (Å²) >= 11 is 12.2. The Balaban J connectivity index is 1.86. The Morgan fingerprint density at radius 2 is 1.87 bits per heavy atom. The number of carbonyl (C=O) groups excluding carboxylic acids is 2. The van der Waals surface area contributed by atoms with Gasteiger partial charge in [-0.25, -0.2) is 0 Å². The van der Waals surface area contributed by atoms with Gasteiger partial charge in [0.05, 0.1) is 36.6 Å². The third-order valence-electron chi connectivity index (χ3n) is 5.06. The van der Waals surface area contributed by atoms with Gasteiger partial charge in [0.25, 0.3) is 11.7 Å². The Hall–Kier alpha value is -3.22. The lowest BCUT2D eigenvalue weighted by atomic mass is 9.95. The Morgan fingerprint density at radius 3 is 2.48 bits per heavy atom. The molecular formula is C23H17Cl2NO5. The molecule has 2 aromatic carbocycles. The molecule has 1 aliphatic heterocycles. The highest BCUT2D eigenvalue weighted by molar-refractivity contribution is 6.46. The van der Waals surface area contributed by atoms with Crippen LogP contribution in [0.4, 0.5) is 0 Å². The van der Waals surface area contributed by atoms with Crippen molar-refractivity contribution >= 4 is 40.7 Å². The number of likely N-dealkylation sites (tertiary alicyclic amines) is 1. The molecule has 0 bridgehead atoms. The van der Waals surface area contributed by atoms with Crippen LogP contribution in [0.1, 0.15) is 22.9 Å². The number of methoxy groups -OCH3 is 1. The first kappa shape index (κ1) is 21.0. The normalized spacial score (nSPS) is 17.9. The smallest absolute Gasteiger partial charge is 0.296 e. The minimum Gasteiger partial charge on any atom is -0.507 e. The van der Waals surface area contributed by atoms with Crippen LogP contribution in [0.15, 0.2) is 70.9 Å². The van der Waals surface area contributed by atoms with Gasteiger partial charge in [-0.1, -0.05) is 35.3 Å². The van der Waals surface area contributed by atoms with E-state index in [1.54, 1.807) is 48.5 Å². The summed E-state index contributed by atoms with van der Waals surface area (Å²) < 4.78 is 10.5. The minimum absolute atomic E-state index is 0.0416. The lowest BCUT2D eigenvalue weighted by Gasteiger charge is -2.24. The van der Waals surface area contributed by atoms with Crippen molar-refractivity contribution in [3.05, 3.63) is 93.4 Å². The predicted molar refractivity (Wildman–Crippen MR) is 116 cm³/mol. The van der Waals surface area contributed by atoms with Crippen LogP contribution in [0.3, 0.4) is 0 Å². The summed E-state index contributed by atoms with van der Waals surface area (Å²) in [5.41, 5.74) is 0.872. The molecule has 3 aromatic rings. The summed E-state index contributed by atoms with van der Waals surface area (Å²) in [6, 6.07) is 13.9. The van der Waals surface area contributed by atoms with Crippen LogP contribution in [0, 0.1) is 0 Å². The quantitative estimate of drug-likeness (QED) is 0.322. The number of amides is 1. The molecule has 1 atom stereocenters. The molecule has 6 nitrogen and oxygen atoms in total. The fourth-order valence-electron chi connectivity index (χ4n) is 3.57. The van der Waals surface area contributed by atoms with Gasteiger partial charge in [0.2, 0.25) is 0 Å². The van der Waals surface area contributed by atoms with Crippen LogP contribution in [-0.2, 0) is 16.1 Å². The van der Waals surface area contributed by atoms with E-state index in [1.807, 2.05) is 0 Å². The summed E-state index contributed by atoms with van der Waals surface area (Å²) in [7, 11) is 1.47. The van der Waals surface area contributed by atoms with Gasteiger partial charge in [0.15, 0.2) is 0 Å². The predicted octanol–water partition coefficient (Wildman–Crippen LogP) is 5.22. The number of ether oxygens (including phenoxy) is 1. The van der Waals surface area contributed by atoms with Crippen LogP contribution in [0.2, 0.25) is 10.0 Å². The Bertz CT molecular complexity index is 1170. The van der Waals surface area contributed by atoms with E-state index in [2.05, 4.69) is 0 Å². The van der Waals surface area contributed by atoms with Crippen LogP contribution in [0.5, 0.6) is 5.75 Å². The maximum absolute atomic E-state index is 13.0. The molecule has 1 aromatic heterocycles. The van der Waals surface area contributed by atoms with E-state index in [-0.39, 0.29) is 22.9 Å². The highest BCUT2D eigenvalue weighted by Crippen LogP contribution is 2.41. The average molecular weight is 458 g/mol. The number of benzene rings is 2. The van der Waals surface area contributed by atoms with Gasteiger partial charge < -0.3 is 19.2 Å². The summed E-state index contributed by atoms with van der Waals surface area (Å²) in [4.78, 5) is 27.3. The van der Waals surface area contributed by atoms with Crippen molar-refractivity contribution < 1.29 is 23.8 Å². The number of furan rings is 1. The fourth-order valence-corrected chi connectivity index (χ4v) is 3.96. The van der Waals surface area contributed by atoms with E-state index in [4.69, 9.17) is 32.4 Å². The second-order valence-corrected chi connectivity index (χ2v) is 7.75. The molecule has 0 aliphatic carbocycles. The molecule has 0 spiro atoms. The van der Waals surface area contributed by atoms with E-state index >= 15 is 0 Å². The maximum atomic E-state index is 13.0. The third kappa shape index (κ3) is 3.92. The molecule has 1 amide bonds. The van der Waals surface area contributed by atoms with Gasteiger partial charge in [-0.15, -0.1) is 0 Å². The van der Waals surface area contributed by atoms with Crippen molar-refractivity contribution in [1.82, 2.24) is 4.90 Å². The van der Waals surface area contributed by atoms with Crippen molar-refractivity contribution in [1.29, 1.82) is 0 Å². The topological polar surface area (TPSA) is 80.0 Å². The van der Waals surface area contributed by atoms with E-state index in [0.717, 1.165) is 0 Å². The fraction of sp³-hybridized carbons (Fsp3) is 0.130. The van der Waals surface area contributed by atoms with Gasteiger partial charge in [-0.3, -0.25) is 9.59 Å². The third-order valence-corrected chi connectivity index (χ3v) is 5.60. The largest absolute Gasteiger partial charge is 0.507 e. The Kier molecular flexibility index (Phi) is 5.76. The molecule has 0 saturated carbocycles. The maximum Gasteiger partial charge on any atom is 0.296 e. The number of rotatable bonds is 5. The van der Waals surface area contributed by atoms with Crippen molar-refractivity contribution in [3.63, 3.8) is 0 Å². The summed E-state index contributed by atoms with van der Waals surface area (Å²) in [6.07, 6.45) is 1.49. The molecule has 4 rings (SSSR count). The number of aliphatic hydroxyl groups excluding tert-OH is 1. The van der Waals surface area contributed by atoms with Gasteiger partial charge in [-0.05, 0) is 48.0 Å². The molecule has 8 heteroatoms. The van der Waals surface area contributed by atoms with Gasteiger partial charge in [-0.2, -0.15) is 0 Å². The number of ketones is 1. The molecule has 158 valence electrons. The van der Waals surface area contributed by atoms with Crippen LogP contribution >= 0.6 is 23.2 Å². The van der Waals surface area contributed by atoms with Gasteiger partial charge >= 0.3 is 0 Å². The molecule has 1 saturated heterocycles. The van der Waals surface area contributed by atoms with Crippen molar-refractivity contribution in [3.8, 4) is 5.75 Å². The average Bonchev–Trinajstić information content (AvgIpc) is 3.36. The second-order valence-electron chi connectivity index (χ2n) is 6.91. The highest BCUT2D eigenvalue weighted by atomic mass is 35.5. The zero-order chi connectivity index (χ0) is 22.1. The van der Waals surface area contributed by atoms with Crippen LogP contribution in [-0.4, -0.2) is 28.8 Å². The molecular weight excluding hydrogens is 441 g/mol. The van der Waals surface area contributed by atoms with Gasteiger partial charge in [0, 0.05) is 10.6 Å². The SMILES string of the molecule is COc1ccc(/C(O)=C2/C(=O)C(=O)N(Cc3ccco3)C2c2ccc(Cl)cc2)cc1Cl. The monoisotopic (exact) mass is 457 g/mol. The molecule has 0 radical (unpaired) electrons. The standard InChI is InChI=1S/C23H17Cl2NO5/c1-30-18-9-6-14(11-17(18)25)21(27)19-20(13-4-7-15(24)8-5-13)26(23(29)22(19)28)12-16-3-2-10-31-16/h2-11,20,27H,12H2,1H3/b21-19-. The highest BCUT2D eigenvalue weighted by Gasteiger charge is 2.46. The van der Waals surface area contributed by atoms with Crippen molar-refractivity contribution in [2.45, 2.75) is 12.6 Å². The number of hydrogen-bond acceptors (Lipinski definition) is 5. The molecule has 31 heavy (non-hydrogen) atoms. The number of Topliss-reactive ketones (excluding diaryl/α,β-unsaturated/α-hetero) is 1. The Morgan fingerprint density at radius 1 is 1.13 bits per heavy atom.